The molecule has 0 saturated heterocycles. The van der Waals surface area contributed by atoms with Gasteiger partial charge in [0.15, 0.2) is 5.76 Å². The fourth-order valence-corrected chi connectivity index (χ4v) is 1.50. The van der Waals surface area contributed by atoms with Crippen molar-refractivity contribution in [2.45, 2.75) is 6.29 Å². The van der Waals surface area contributed by atoms with Crippen LogP contribution in [-0.4, -0.2) is 49.8 Å². The van der Waals surface area contributed by atoms with Gasteiger partial charge < -0.3 is 24.4 Å². The lowest BCUT2D eigenvalue weighted by Crippen LogP contribution is -2.20. The molecule has 0 spiro atoms. The third-order valence-corrected chi connectivity index (χ3v) is 2.65. The van der Waals surface area contributed by atoms with E-state index >= 15 is 0 Å². The fraction of sp³-hybridized carbons (Fsp3) is 0.286. The van der Waals surface area contributed by atoms with Crippen molar-refractivity contribution in [2.75, 3.05) is 21.3 Å². The number of rotatable bonds is 7. The lowest BCUT2D eigenvalue weighted by atomic mass is 10.2. The molecule has 2 N–H and O–H groups in total. The summed E-state index contributed by atoms with van der Waals surface area (Å²) in [4.78, 5) is 22.4. The minimum Gasteiger partial charge on any atom is -0.505 e. The lowest BCUT2D eigenvalue weighted by Gasteiger charge is -2.13. The van der Waals surface area contributed by atoms with Crippen LogP contribution in [-0.2, 0) is 19.0 Å². The molecule has 124 valence electrons. The molecule has 0 aliphatic heterocycles. The zero-order chi connectivity index (χ0) is 17.4. The molecule has 0 saturated carbocycles. The molecule has 0 aromatic heterocycles. The Morgan fingerprint density at radius 2 is 1.61 bits per heavy atom. The number of carbonyl (C=O) groups is 2. The molecule has 0 amide bonds. The topological polar surface area (TPSA) is 127 Å². The first-order chi connectivity index (χ1) is 10.9. The van der Waals surface area contributed by atoms with Gasteiger partial charge in [0.25, 0.3) is 0 Å². The Balaban J connectivity index is 3.12. The van der Waals surface area contributed by atoms with Gasteiger partial charge in [-0.3, -0.25) is 0 Å². The molecular weight excluding hydrogens is 308 g/mol. The summed E-state index contributed by atoms with van der Waals surface area (Å²) in [5, 5.41) is 26.1. The van der Waals surface area contributed by atoms with Crippen LogP contribution in [0.2, 0.25) is 0 Å². The van der Waals surface area contributed by atoms with Crippen LogP contribution < -0.4 is 0 Å². The van der Waals surface area contributed by atoms with Crippen molar-refractivity contribution in [1.82, 2.24) is 0 Å². The van der Waals surface area contributed by atoms with Crippen molar-refractivity contribution >= 4 is 17.6 Å². The summed E-state index contributed by atoms with van der Waals surface area (Å²) in [6, 6.07) is 5.43. The van der Waals surface area contributed by atoms with E-state index in [9.17, 15) is 14.7 Å². The number of hydrogen-bond donors (Lipinski definition) is 2. The Morgan fingerprint density at radius 3 is 2.04 bits per heavy atom. The molecule has 23 heavy (non-hydrogen) atoms. The number of nitrogens with zero attached hydrogens (tertiary/aromatic N) is 2. The van der Waals surface area contributed by atoms with Crippen LogP contribution in [0, 0.1) is 0 Å². The second kappa shape index (κ2) is 8.61. The number of benzene rings is 1. The van der Waals surface area contributed by atoms with E-state index in [-0.39, 0.29) is 11.3 Å². The molecule has 1 aromatic carbocycles. The summed E-state index contributed by atoms with van der Waals surface area (Å²) in [6.07, 6.45) is -1.21. The highest BCUT2D eigenvalue weighted by Crippen LogP contribution is 2.18. The van der Waals surface area contributed by atoms with E-state index in [2.05, 4.69) is 15.0 Å². The van der Waals surface area contributed by atoms with Gasteiger partial charge in [0.2, 0.25) is 12.0 Å². The molecule has 9 heteroatoms. The average molecular weight is 324 g/mol. The summed E-state index contributed by atoms with van der Waals surface area (Å²) in [5.74, 6) is -2.62. The second-order valence-corrected chi connectivity index (χ2v) is 4.08. The van der Waals surface area contributed by atoms with Crippen LogP contribution >= 0.6 is 0 Å². The molecule has 0 bridgehead atoms. The van der Waals surface area contributed by atoms with Gasteiger partial charge in [-0.2, -0.15) is 5.11 Å². The molecule has 9 nitrogen and oxygen atoms in total. The van der Waals surface area contributed by atoms with E-state index in [0.717, 1.165) is 7.11 Å². The zero-order valence-electron chi connectivity index (χ0n) is 12.7. The third-order valence-electron chi connectivity index (χ3n) is 2.65. The quantitative estimate of drug-likeness (QED) is 0.258. The van der Waals surface area contributed by atoms with Gasteiger partial charge in [0, 0.05) is 14.2 Å². The van der Waals surface area contributed by atoms with Gasteiger partial charge >= 0.3 is 11.9 Å². The van der Waals surface area contributed by atoms with E-state index < -0.39 is 29.7 Å². The molecule has 0 heterocycles. The number of hydrogen-bond acceptors (Lipinski definition) is 8. The van der Waals surface area contributed by atoms with Crippen molar-refractivity contribution in [3.05, 3.63) is 41.3 Å². The summed E-state index contributed by atoms with van der Waals surface area (Å²) >= 11 is 0. The van der Waals surface area contributed by atoms with Crippen molar-refractivity contribution in [2.24, 2.45) is 10.2 Å². The van der Waals surface area contributed by atoms with Crippen LogP contribution in [0.25, 0.3) is 0 Å². The first kappa shape index (κ1) is 18.3. The number of aliphatic hydroxyl groups is 1. The Bertz CT molecular complexity index is 619. The number of carboxylic acids is 1. The lowest BCUT2D eigenvalue weighted by molar-refractivity contribution is -0.137. The number of aromatic carboxylic acids is 1. The van der Waals surface area contributed by atoms with Gasteiger partial charge in [0.1, 0.15) is 0 Å². The summed E-state index contributed by atoms with van der Waals surface area (Å²) in [5.41, 5.74) is -0.145. The van der Waals surface area contributed by atoms with Gasteiger partial charge in [0.05, 0.1) is 18.4 Å². The molecule has 1 rings (SSSR count). The number of aliphatic hydroxyl groups excluding tert-OH is 1. The van der Waals surface area contributed by atoms with Crippen LogP contribution in [0.3, 0.4) is 0 Å². The van der Waals surface area contributed by atoms with E-state index in [0.29, 0.717) is 0 Å². The van der Waals surface area contributed by atoms with E-state index in [1.807, 2.05) is 0 Å². The first-order valence-electron chi connectivity index (χ1n) is 6.26. The predicted octanol–water partition coefficient (Wildman–Crippen LogP) is 2.03. The van der Waals surface area contributed by atoms with Crippen LogP contribution in [0.1, 0.15) is 10.4 Å². The highest BCUT2D eigenvalue weighted by molar-refractivity contribution is 5.88. The van der Waals surface area contributed by atoms with Gasteiger partial charge in [-0.25, -0.2) is 9.59 Å². The van der Waals surface area contributed by atoms with Crippen molar-refractivity contribution in [3.8, 4) is 0 Å². The minimum absolute atomic E-state index is 0.0781. The number of carbonyl (C=O) groups excluding carboxylic acids is 1. The first-order valence-corrected chi connectivity index (χ1v) is 6.26. The molecule has 0 fully saturated rings. The third kappa shape index (κ3) is 4.87. The molecule has 0 radical (unpaired) electrons. The Kier molecular flexibility index (Phi) is 6.84. The average Bonchev–Trinajstić information content (AvgIpc) is 2.56. The largest absolute Gasteiger partial charge is 0.505 e. The summed E-state index contributed by atoms with van der Waals surface area (Å²) < 4.78 is 14.2. The highest BCUT2D eigenvalue weighted by Gasteiger charge is 2.23. The highest BCUT2D eigenvalue weighted by atomic mass is 16.7. The van der Waals surface area contributed by atoms with E-state index in [1.165, 1.54) is 38.5 Å². The molecule has 0 atom stereocenters. The maximum absolute atomic E-state index is 11.7. The number of ether oxygens (including phenoxy) is 3. The molecule has 0 unspecified atom stereocenters. The van der Waals surface area contributed by atoms with Crippen LogP contribution in [0.5, 0.6) is 0 Å². The number of esters is 1. The van der Waals surface area contributed by atoms with Gasteiger partial charge in [-0.05, 0) is 24.3 Å². The molecule has 0 aliphatic rings. The van der Waals surface area contributed by atoms with Crippen LogP contribution in [0.4, 0.5) is 5.69 Å². The zero-order valence-corrected chi connectivity index (χ0v) is 12.7. The summed E-state index contributed by atoms with van der Waals surface area (Å²) in [7, 11) is 3.64. The fourth-order valence-electron chi connectivity index (χ4n) is 1.50. The Hall–Kier alpha value is -2.78. The Morgan fingerprint density at radius 1 is 1.04 bits per heavy atom. The monoisotopic (exact) mass is 324 g/mol. The standard InChI is InChI=1S/C14H16N2O7/c1-21-13(20)10(11(17)14(22-2)23-3)16-15-9-6-4-8(5-7-9)12(18)19/h4-7,14,17H,1-3H3,(H,18,19)/b11-10-,16-15?. The van der Waals surface area contributed by atoms with E-state index in [4.69, 9.17) is 14.6 Å². The molecular formula is C14H16N2O7. The van der Waals surface area contributed by atoms with Crippen molar-refractivity contribution in [1.29, 1.82) is 0 Å². The molecule has 1 aromatic rings. The SMILES string of the molecule is COC(=O)/C(N=Nc1ccc(C(=O)O)cc1)=C(/O)C(OC)OC. The van der Waals surface area contributed by atoms with Crippen LogP contribution in [0.15, 0.2) is 46.0 Å². The van der Waals surface area contributed by atoms with Crippen molar-refractivity contribution < 1.29 is 34.0 Å². The predicted molar refractivity (Wildman–Crippen MR) is 77.4 cm³/mol. The van der Waals surface area contributed by atoms with Gasteiger partial charge in [-0.1, -0.05) is 0 Å². The Labute approximate surface area is 131 Å². The second-order valence-electron chi connectivity index (χ2n) is 4.08. The van der Waals surface area contributed by atoms with Gasteiger partial charge in [-0.15, -0.1) is 5.11 Å². The number of azo groups is 1. The maximum Gasteiger partial charge on any atom is 0.362 e. The summed E-state index contributed by atoms with van der Waals surface area (Å²) in [6.45, 7) is 0. The number of methoxy groups -OCH3 is 3. The minimum atomic E-state index is -1.21. The van der Waals surface area contributed by atoms with E-state index in [1.54, 1.807) is 0 Å². The maximum atomic E-state index is 11.7. The molecule has 0 aliphatic carbocycles. The normalized spacial score (nSPS) is 12.3. The van der Waals surface area contributed by atoms with Crippen molar-refractivity contribution in [3.63, 3.8) is 0 Å². The smallest absolute Gasteiger partial charge is 0.362 e. The number of carboxylic acid groups (broad SMARTS) is 1.